The first-order valence-electron chi connectivity index (χ1n) is 4.95. The summed E-state index contributed by atoms with van der Waals surface area (Å²) in [6.07, 6.45) is -0.226. The molecule has 0 saturated heterocycles. The summed E-state index contributed by atoms with van der Waals surface area (Å²) in [5.74, 6) is 0.296. The van der Waals surface area contributed by atoms with Crippen LogP contribution in [0.2, 0.25) is 0 Å². The fourth-order valence-corrected chi connectivity index (χ4v) is 1.37. The van der Waals surface area contributed by atoms with E-state index in [0.717, 1.165) is 0 Å². The molecule has 0 aromatic carbocycles. The molecule has 0 aliphatic heterocycles. The van der Waals surface area contributed by atoms with Crippen molar-refractivity contribution in [2.45, 2.75) is 18.6 Å². The van der Waals surface area contributed by atoms with Crippen molar-refractivity contribution in [2.24, 2.45) is 5.73 Å². The standard InChI is InChI=1S/C10H17N3O3/c1-16-10-7(12)4-6(5-13-10)9(15)8(14)2-3-11/h4-5,8-9,14-15H,2-3,11-12H2,1H3. The number of aliphatic hydroxyl groups is 2. The Hall–Kier alpha value is -1.37. The average molecular weight is 227 g/mol. The molecule has 1 rings (SSSR count). The van der Waals surface area contributed by atoms with E-state index < -0.39 is 12.2 Å². The summed E-state index contributed by atoms with van der Waals surface area (Å²) in [7, 11) is 1.46. The fraction of sp³-hybridized carbons (Fsp3) is 0.500. The molecule has 2 atom stereocenters. The van der Waals surface area contributed by atoms with E-state index >= 15 is 0 Å². The monoisotopic (exact) mass is 227 g/mol. The number of methoxy groups -OCH3 is 1. The largest absolute Gasteiger partial charge is 0.480 e. The van der Waals surface area contributed by atoms with Crippen LogP contribution in [-0.2, 0) is 0 Å². The normalized spacial score (nSPS) is 14.5. The molecule has 6 heteroatoms. The minimum Gasteiger partial charge on any atom is -0.480 e. The van der Waals surface area contributed by atoms with E-state index in [4.69, 9.17) is 16.2 Å². The van der Waals surface area contributed by atoms with Crippen molar-refractivity contribution in [3.8, 4) is 5.88 Å². The van der Waals surface area contributed by atoms with Crippen LogP contribution in [0.3, 0.4) is 0 Å². The SMILES string of the molecule is COc1ncc(C(O)C(O)CCN)cc1N. The number of nitrogens with zero attached hydrogens (tertiary/aromatic N) is 1. The summed E-state index contributed by atoms with van der Waals surface area (Å²) in [5, 5.41) is 19.3. The molecule has 6 N–H and O–H groups in total. The Bertz CT molecular complexity index is 346. The summed E-state index contributed by atoms with van der Waals surface area (Å²) in [6.45, 7) is 0.303. The fourth-order valence-electron chi connectivity index (χ4n) is 1.37. The second kappa shape index (κ2) is 5.64. The Morgan fingerprint density at radius 2 is 2.19 bits per heavy atom. The number of aromatic nitrogens is 1. The number of ether oxygens (including phenoxy) is 1. The lowest BCUT2D eigenvalue weighted by Gasteiger charge is -2.17. The molecule has 0 aliphatic carbocycles. The van der Waals surface area contributed by atoms with Crippen LogP contribution < -0.4 is 16.2 Å². The number of pyridine rings is 1. The van der Waals surface area contributed by atoms with Gasteiger partial charge < -0.3 is 26.4 Å². The average Bonchev–Trinajstić information content (AvgIpc) is 2.28. The number of aliphatic hydroxyl groups excluding tert-OH is 2. The smallest absolute Gasteiger partial charge is 0.236 e. The van der Waals surface area contributed by atoms with E-state index in [2.05, 4.69) is 4.98 Å². The number of anilines is 1. The first kappa shape index (κ1) is 12.7. The van der Waals surface area contributed by atoms with Crippen molar-refractivity contribution in [1.82, 2.24) is 4.98 Å². The Kier molecular flexibility index (Phi) is 4.48. The van der Waals surface area contributed by atoms with E-state index in [9.17, 15) is 10.2 Å². The molecule has 1 aromatic rings. The third kappa shape index (κ3) is 2.82. The van der Waals surface area contributed by atoms with Gasteiger partial charge in [-0.3, -0.25) is 0 Å². The lowest BCUT2D eigenvalue weighted by Crippen LogP contribution is -2.22. The second-order valence-corrected chi connectivity index (χ2v) is 3.46. The maximum Gasteiger partial charge on any atom is 0.236 e. The van der Waals surface area contributed by atoms with Gasteiger partial charge >= 0.3 is 0 Å². The summed E-state index contributed by atoms with van der Waals surface area (Å²) in [5.41, 5.74) is 11.7. The van der Waals surface area contributed by atoms with Gasteiger partial charge in [0, 0.05) is 11.8 Å². The van der Waals surface area contributed by atoms with Gasteiger partial charge in [-0.05, 0) is 19.0 Å². The Labute approximate surface area is 93.9 Å². The van der Waals surface area contributed by atoms with Crippen LogP contribution in [-0.4, -0.2) is 35.0 Å². The minimum absolute atomic E-state index is 0.296. The van der Waals surface area contributed by atoms with Gasteiger partial charge in [0.1, 0.15) is 6.10 Å². The molecule has 1 aromatic heterocycles. The lowest BCUT2D eigenvalue weighted by molar-refractivity contribution is 0.0148. The quantitative estimate of drug-likeness (QED) is 0.535. The molecule has 0 spiro atoms. The number of nitrogen functional groups attached to an aromatic ring is 1. The van der Waals surface area contributed by atoms with Gasteiger partial charge in [-0.2, -0.15) is 0 Å². The van der Waals surface area contributed by atoms with Crippen LogP contribution in [0, 0.1) is 0 Å². The van der Waals surface area contributed by atoms with Crippen LogP contribution in [0.25, 0.3) is 0 Å². The summed E-state index contributed by atoms with van der Waals surface area (Å²) >= 11 is 0. The zero-order valence-corrected chi connectivity index (χ0v) is 9.13. The number of hydrogen-bond acceptors (Lipinski definition) is 6. The van der Waals surface area contributed by atoms with Crippen molar-refractivity contribution in [3.05, 3.63) is 17.8 Å². The molecule has 1 heterocycles. The highest BCUT2D eigenvalue weighted by atomic mass is 16.5. The van der Waals surface area contributed by atoms with E-state index in [1.165, 1.54) is 19.4 Å². The highest BCUT2D eigenvalue weighted by molar-refractivity contribution is 5.49. The molecule has 6 nitrogen and oxygen atoms in total. The van der Waals surface area contributed by atoms with Gasteiger partial charge in [0.05, 0.1) is 18.9 Å². The first-order valence-corrected chi connectivity index (χ1v) is 4.95. The van der Waals surface area contributed by atoms with E-state index in [1.54, 1.807) is 0 Å². The van der Waals surface area contributed by atoms with Gasteiger partial charge in [-0.1, -0.05) is 0 Å². The second-order valence-electron chi connectivity index (χ2n) is 3.46. The third-order valence-electron chi connectivity index (χ3n) is 2.26. The molecule has 2 unspecified atom stereocenters. The molecule has 0 aliphatic rings. The maximum absolute atomic E-state index is 9.77. The van der Waals surface area contributed by atoms with E-state index in [0.29, 0.717) is 30.1 Å². The Morgan fingerprint density at radius 1 is 1.50 bits per heavy atom. The Balaban J connectivity index is 2.84. The number of nitrogens with two attached hydrogens (primary N) is 2. The van der Waals surface area contributed by atoms with Gasteiger partial charge in [0.15, 0.2) is 0 Å². The van der Waals surface area contributed by atoms with Crippen molar-refractivity contribution in [2.75, 3.05) is 19.4 Å². The van der Waals surface area contributed by atoms with Gasteiger partial charge in [0.2, 0.25) is 5.88 Å². The maximum atomic E-state index is 9.77. The molecular formula is C10H17N3O3. The van der Waals surface area contributed by atoms with Gasteiger partial charge in [-0.15, -0.1) is 0 Å². The van der Waals surface area contributed by atoms with Crippen LogP contribution >= 0.6 is 0 Å². The van der Waals surface area contributed by atoms with Crippen molar-refractivity contribution < 1.29 is 14.9 Å². The van der Waals surface area contributed by atoms with Crippen LogP contribution in [0.1, 0.15) is 18.1 Å². The van der Waals surface area contributed by atoms with Crippen LogP contribution in [0.4, 0.5) is 5.69 Å². The molecule has 0 saturated carbocycles. The molecule has 16 heavy (non-hydrogen) atoms. The summed E-state index contributed by atoms with van der Waals surface area (Å²) in [4.78, 5) is 3.91. The third-order valence-corrected chi connectivity index (χ3v) is 2.26. The molecular weight excluding hydrogens is 210 g/mol. The van der Waals surface area contributed by atoms with Crippen molar-refractivity contribution in [1.29, 1.82) is 0 Å². The predicted molar refractivity (Wildman–Crippen MR) is 59.8 cm³/mol. The summed E-state index contributed by atoms with van der Waals surface area (Å²) in [6, 6.07) is 1.52. The number of hydrogen-bond donors (Lipinski definition) is 4. The first-order chi connectivity index (χ1) is 7.60. The number of rotatable bonds is 5. The van der Waals surface area contributed by atoms with Crippen LogP contribution in [0.15, 0.2) is 12.3 Å². The van der Waals surface area contributed by atoms with Crippen molar-refractivity contribution in [3.63, 3.8) is 0 Å². The highest BCUT2D eigenvalue weighted by Crippen LogP contribution is 2.24. The summed E-state index contributed by atoms with van der Waals surface area (Å²) < 4.78 is 4.89. The van der Waals surface area contributed by atoms with Gasteiger partial charge in [-0.25, -0.2) is 4.98 Å². The molecule has 90 valence electrons. The predicted octanol–water partition coefficient (Wildman–Crippen LogP) is -0.585. The molecule has 0 amide bonds. The van der Waals surface area contributed by atoms with E-state index in [1.807, 2.05) is 0 Å². The van der Waals surface area contributed by atoms with Gasteiger partial charge in [0.25, 0.3) is 0 Å². The topological polar surface area (TPSA) is 115 Å². The van der Waals surface area contributed by atoms with Crippen molar-refractivity contribution >= 4 is 5.69 Å². The molecule has 0 fully saturated rings. The Morgan fingerprint density at radius 3 is 2.69 bits per heavy atom. The lowest BCUT2D eigenvalue weighted by atomic mass is 10.0. The van der Waals surface area contributed by atoms with Crippen LogP contribution in [0.5, 0.6) is 5.88 Å². The zero-order valence-electron chi connectivity index (χ0n) is 9.13. The highest BCUT2D eigenvalue weighted by Gasteiger charge is 2.18. The molecule has 0 radical (unpaired) electrons. The molecule has 0 bridgehead atoms. The van der Waals surface area contributed by atoms with E-state index in [-0.39, 0.29) is 0 Å². The zero-order chi connectivity index (χ0) is 12.1. The minimum atomic E-state index is -1.04.